The van der Waals surface area contributed by atoms with Crippen molar-refractivity contribution in [2.75, 3.05) is 7.11 Å². The van der Waals surface area contributed by atoms with Crippen LogP contribution in [0.15, 0.2) is 24.3 Å². The minimum Gasteiger partial charge on any atom is -0.377 e. The van der Waals surface area contributed by atoms with E-state index in [0.717, 1.165) is 5.56 Å². The lowest BCUT2D eigenvalue weighted by Gasteiger charge is -2.10. The molecule has 1 atom stereocenters. The van der Waals surface area contributed by atoms with E-state index in [9.17, 15) is 0 Å². The van der Waals surface area contributed by atoms with Gasteiger partial charge < -0.3 is 10.5 Å². The Labute approximate surface area is 73.3 Å². The van der Waals surface area contributed by atoms with Crippen LogP contribution in [0, 0.1) is 0 Å². The third-order valence-electron chi connectivity index (χ3n) is 2.01. The van der Waals surface area contributed by atoms with Crippen molar-refractivity contribution in [3.8, 4) is 0 Å². The molecule has 0 saturated carbocycles. The van der Waals surface area contributed by atoms with Gasteiger partial charge in [-0.05, 0) is 18.1 Å². The lowest BCUT2D eigenvalue weighted by molar-refractivity contribution is 0.119. The molecule has 0 saturated heterocycles. The van der Waals surface area contributed by atoms with Crippen LogP contribution in [0.1, 0.15) is 24.2 Å². The van der Waals surface area contributed by atoms with Gasteiger partial charge in [-0.15, -0.1) is 0 Å². The Morgan fingerprint density at radius 2 is 2.25 bits per heavy atom. The smallest absolute Gasteiger partial charge is 0.0793 e. The largest absolute Gasteiger partial charge is 0.377 e. The lowest BCUT2D eigenvalue weighted by Crippen LogP contribution is -2.00. The zero-order chi connectivity index (χ0) is 8.97. The molecule has 12 heavy (non-hydrogen) atoms. The number of ether oxygens (including phenoxy) is 1. The summed E-state index contributed by atoms with van der Waals surface area (Å²) in [4.78, 5) is 0. The summed E-state index contributed by atoms with van der Waals surface area (Å²) in [6.45, 7) is 2.61. The Bertz CT molecular complexity index is 247. The topological polar surface area (TPSA) is 35.2 Å². The van der Waals surface area contributed by atoms with Crippen LogP contribution in [-0.4, -0.2) is 7.11 Å². The van der Waals surface area contributed by atoms with E-state index in [0.29, 0.717) is 6.54 Å². The zero-order valence-electron chi connectivity index (χ0n) is 7.58. The quantitative estimate of drug-likeness (QED) is 0.741. The van der Waals surface area contributed by atoms with E-state index >= 15 is 0 Å². The summed E-state index contributed by atoms with van der Waals surface area (Å²) in [6.07, 6.45) is 0.150. The van der Waals surface area contributed by atoms with E-state index in [-0.39, 0.29) is 6.10 Å². The molecule has 1 unspecified atom stereocenters. The van der Waals surface area contributed by atoms with Gasteiger partial charge in [0.1, 0.15) is 0 Å². The molecule has 1 aromatic rings. The van der Waals surface area contributed by atoms with Gasteiger partial charge in [0.05, 0.1) is 6.10 Å². The first kappa shape index (κ1) is 9.23. The maximum absolute atomic E-state index is 5.52. The third kappa shape index (κ3) is 2.06. The van der Waals surface area contributed by atoms with Gasteiger partial charge in [0, 0.05) is 13.7 Å². The first-order valence-electron chi connectivity index (χ1n) is 4.09. The van der Waals surface area contributed by atoms with Gasteiger partial charge >= 0.3 is 0 Å². The standard InChI is InChI=1S/C10H15NO/c1-8(12-2)10-5-3-4-9(6-10)7-11/h3-6,8H,7,11H2,1-2H3. The summed E-state index contributed by atoms with van der Waals surface area (Å²) < 4.78 is 5.19. The Balaban J connectivity index is 2.86. The van der Waals surface area contributed by atoms with Crippen molar-refractivity contribution in [3.05, 3.63) is 35.4 Å². The summed E-state index contributed by atoms with van der Waals surface area (Å²) >= 11 is 0. The predicted molar refractivity (Wildman–Crippen MR) is 49.8 cm³/mol. The molecule has 2 nitrogen and oxygen atoms in total. The van der Waals surface area contributed by atoms with E-state index in [1.807, 2.05) is 25.1 Å². The average Bonchev–Trinajstić information content (AvgIpc) is 2.17. The molecule has 2 N–H and O–H groups in total. The number of rotatable bonds is 3. The minimum atomic E-state index is 0.150. The molecule has 0 fully saturated rings. The molecule has 1 rings (SSSR count). The zero-order valence-corrected chi connectivity index (χ0v) is 7.58. The summed E-state index contributed by atoms with van der Waals surface area (Å²) in [5, 5.41) is 0. The number of hydrogen-bond donors (Lipinski definition) is 1. The minimum absolute atomic E-state index is 0.150. The molecule has 0 aliphatic rings. The van der Waals surface area contributed by atoms with Crippen molar-refractivity contribution in [1.82, 2.24) is 0 Å². The summed E-state index contributed by atoms with van der Waals surface area (Å²) in [7, 11) is 1.71. The lowest BCUT2D eigenvalue weighted by atomic mass is 10.1. The second kappa shape index (κ2) is 4.24. The van der Waals surface area contributed by atoms with Crippen LogP contribution < -0.4 is 5.73 Å². The fourth-order valence-electron chi connectivity index (χ4n) is 1.11. The van der Waals surface area contributed by atoms with Gasteiger partial charge in [-0.25, -0.2) is 0 Å². The summed E-state index contributed by atoms with van der Waals surface area (Å²) in [6, 6.07) is 8.15. The predicted octanol–water partition coefficient (Wildman–Crippen LogP) is 1.85. The van der Waals surface area contributed by atoms with E-state index in [4.69, 9.17) is 10.5 Å². The highest BCUT2D eigenvalue weighted by Gasteiger charge is 2.02. The van der Waals surface area contributed by atoms with Crippen LogP contribution in [0.2, 0.25) is 0 Å². The summed E-state index contributed by atoms with van der Waals surface area (Å²) in [5.74, 6) is 0. The molecule has 0 aliphatic carbocycles. The monoisotopic (exact) mass is 165 g/mol. The van der Waals surface area contributed by atoms with Gasteiger partial charge in [-0.1, -0.05) is 24.3 Å². The number of hydrogen-bond acceptors (Lipinski definition) is 2. The molecule has 0 spiro atoms. The van der Waals surface area contributed by atoms with Crippen molar-refractivity contribution in [2.24, 2.45) is 5.73 Å². The Kier molecular flexibility index (Phi) is 3.26. The highest BCUT2D eigenvalue weighted by Crippen LogP contribution is 2.16. The number of nitrogens with two attached hydrogens (primary N) is 1. The van der Waals surface area contributed by atoms with Crippen LogP contribution in [0.3, 0.4) is 0 Å². The Hall–Kier alpha value is -0.860. The Morgan fingerprint density at radius 3 is 2.83 bits per heavy atom. The van der Waals surface area contributed by atoms with Gasteiger partial charge in [-0.3, -0.25) is 0 Å². The molecule has 0 aromatic heterocycles. The van der Waals surface area contributed by atoms with Gasteiger partial charge in [0.2, 0.25) is 0 Å². The summed E-state index contributed by atoms with van der Waals surface area (Å²) in [5.41, 5.74) is 7.85. The molecular formula is C10H15NO. The molecule has 0 radical (unpaired) electrons. The van der Waals surface area contributed by atoms with Crippen molar-refractivity contribution >= 4 is 0 Å². The second-order valence-electron chi connectivity index (χ2n) is 2.83. The molecule has 0 heterocycles. The van der Waals surface area contributed by atoms with Gasteiger partial charge in [0.25, 0.3) is 0 Å². The Morgan fingerprint density at radius 1 is 1.50 bits per heavy atom. The number of methoxy groups -OCH3 is 1. The van der Waals surface area contributed by atoms with Crippen molar-refractivity contribution < 1.29 is 4.74 Å². The van der Waals surface area contributed by atoms with Crippen molar-refractivity contribution in [2.45, 2.75) is 19.6 Å². The van der Waals surface area contributed by atoms with Crippen molar-refractivity contribution in [1.29, 1.82) is 0 Å². The molecular weight excluding hydrogens is 150 g/mol. The third-order valence-corrected chi connectivity index (χ3v) is 2.01. The number of benzene rings is 1. The van der Waals surface area contributed by atoms with Crippen LogP contribution in [0.5, 0.6) is 0 Å². The normalized spacial score (nSPS) is 12.9. The first-order valence-corrected chi connectivity index (χ1v) is 4.09. The molecule has 66 valence electrons. The molecule has 0 bridgehead atoms. The fraction of sp³-hybridized carbons (Fsp3) is 0.400. The van der Waals surface area contributed by atoms with Crippen LogP contribution in [0.25, 0.3) is 0 Å². The molecule has 0 amide bonds. The van der Waals surface area contributed by atoms with Gasteiger partial charge in [0.15, 0.2) is 0 Å². The maximum atomic E-state index is 5.52. The molecule has 2 heteroatoms. The highest BCUT2D eigenvalue weighted by atomic mass is 16.5. The molecule has 0 aliphatic heterocycles. The van der Waals surface area contributed by atoms with Crippen LogP contribution in [0.4, 0.5) is 0 Å². The second-order valence-corrected chi connectivity index (χ2v) is 2.83. The van der Waals surface area contributed by atoms with Crippen LogP contribution in [-0.2, 0) is 11.3 Å². The van der Waals surface area contributed by atoms with E-state index in [2.05, 4.69) is 6.07 Å². The van der Waals surface area contributed by atoms with Crippen LogP contribution >= 0.6 is 0 Å². The fourth-order valence-corrected chi connectivity index (χ4v) is 1.11. The highest BCUT2D eigenvalue weighted by molar-refractivity contribution is 5.24. The van der Waals surface area contributed by atoms with Gasteiger partial charge in [-0.2, -0.15) is 0 Å². The average molecular weight is 165 g/mol. The first-order chi connectivity index (χ1) is 5.77. The van der Waals surface area contributed by atoms with E-state index in [1.54, 1.807) is 7.11 Å². The van der Waals surface area contributed by atoms with E-state index in [1.165, 1.54) is 5.56 Å². The van der Waals surface area contributed by atoms with Crippen molar-refractivity contribution in [3.63, 3.8) is 0 Å². The van der Waals surface area contributed by atoms with E-state index < -0.39 is 0 Å². The molecule has 1 aromatic carbocycles. The maximum Gasteiger partial charge on any atom is 0.0793 e. The SMILES string of the molecule is COC(C)c1cccc(CN)c1.